The van der Waals surface area contributed by atoms with Crippen LogP contribution in [0.25, 0.3) is 20.2 Å². The fraction of sp³-hybridized carbons (Fsp3) is 0.182. The van der Waals surface area contributed by atoms with Crippen LogP contribution in [-0.4, -0.2) is 0 Å². The van der Waals surface area contributed by atoms with Crippen molar-refractivity contribution < 1.29 is 0 Å². The molecule has 0 N–H and O–H groups in total. The van der Waals surface area contributed by atoms with Crippen molar-refractivity contribution in [1.29, 1.82) is 0 Å². The topological polar surface area (TPSA) is 0 Å². The fourth-order valence-electron chi connectivity index (χ4n) is 3.48. The molecule has 0 nitrogen and oxygen atoms in total. The molecule has 0 aliphatic heterocycles. The Kier molecular flexibility index (Phi) is 5.31. The average Bonchev–Trinajstić information content (AvgIpc) is 3.33. The number of benzene rings is 1. The summed E-state index contributed by atoms with van der Waals surface area (Å²) in [7, 11) is 0. The van der Waals surface area contributed by atoms with Crippen LogP contribution in [0.3, 0.4) is 0 Å². The zero-order valence-corrected chi connectivity index (χ0v) is 21.7. The zero-order chi connectivity index (χ0) is 19.4. The van der Waals surface area contributed by atoms with Crippen molar-refractivity contribution in [3.05, 3.63) is 74.6 Å². The van der Waals surface area contributed by atoms with Gasteiger partial charge in [-0.05, 0) is 92.9 Å². The van der Waals surface area contributed by atoms with E-state index in [-0.39, 0.29) is 0 Å². The van der Waals surface area contributed by atoms with Crippen LogP contribution in [0.5, 0.6) is 0 Å². The van der Waals surface area contributed by atoms with Gasteiger partial charge < -0.3 is 0 Å². The predicted octanol–water partition coefficient (Wildman–Crippen LogP) is 9.56. The largest absolute Gasteiger partial charge is 0.144 e. The van der Waals surface area contributed by atoms with Gasteiger partial charge in [0, 0.05) is 60.4 Å². The molecule has 0 aliphatic carbocycles. The summed E-state index contributed by atoms with van der Waals surface area (Å²) in [5, 5.41) is 2.75. The van der Waals surface area contributed by atoms with Crippen molar-refractivity contribution in [2.45, 2.75) is 26.7 Å². The van der Waals surface area contributed by atoms with E-state index in [0.717, 1.165) is 12.8 Å². The third kappa shape index (κ3) is 3.80. The van der Waals surface area contributed by atoms with E-state index in [0.29, 0.717) is 0 Å². The third-order valence-electron chi connectivity index (χ3n) is 4.69. The van der Waals surface area contributed by atoms with Gasteiger partial charge in [-0.1, -0.05) is 0 Å². The summed E-state index contributed by atoms with van der Waals surface area (Å²) in [5.41, 5.74) is 0. The van der Waals surface area contributed by atoms with E-state index in [1.165, 1.54) is 58.4 Å². The van der Waals surface area contributed by atoms with Gasteiger partial charge in [-0.2, -0.15) is 0 Å². The van der Waals surface area contributed by atoms with Crippen LogP contribution in [0, 0.1) is 13.8 Å². The second-order valence-electron chi connectivity index (χ2n) is 6.96. The molecule has 142 valence electrons. The van der Waals surface area contributed by atoms with Crippen molar-refractivity contribution in [2.24, 2.45) is 0 Å². The lowest BCUT2D eigenvalue weighted by Crippen LogP contribution is -1.78. The number of hydrogen-bond acceptors (Lipinski definition) is 4. The zero-order valence-electron chi connectivity index (χ0n) is 15.3. The Balaban J connectivity index is 1.46. The molecule has 0 radical (unpaired) electrons. The molecule has 0 aliphatic rings. The predicted molar refractivity (Wildman–Crippen MR) is 136 cm³/mol. The summed E-state index contributed by atoms with van der Waals surface area (Å²) in [5.74, 6) is 0. The van der Waals surface area contributed by atoms with E-state index in [4.69, 9.17) is 0 Å². The number of thiophene rings is 4. The van der Waals surface area contributed by atoms with Crippen molar-refractivity contribution >= 4 is 97.4 Å². The van der Waals surface area contributed by atoms with E-state index in [2.05, 4.69) is 82.1 Å². The molecule has 6 heteroatoms. The Bertz CT molecular complexity index is 1170. The van der Waals surface area contributed by atoms with Crippen LogP contribution in [0.4, 0.5) is 0 Å². The van der Waals surface area contributed by atoms with Gasteiger partial charge in [0.15, 0.2) is 0 Å². The van der Waals surface area contributed by atoms with Gasteiger partial charge in [0.05, 0.1) is 0 Å². The lowest BCUT2D eigenvalue weighted by atomic mass is 10.2. The molecule has 5 rings (SSSR count). The monoisotopic (exact) mass is 566 g/mol. The van der Waals surface area contributed by atoms with Gasteiger partial charge in [-0.15, -0.1) is 45.3 Å². The second kappa shape index (κ2) is 7.64. The molecule has 0 amide bonds. The highest BCUT2D eigenvalue weighted by molar-refractivity contribution is 9.10. The fourth-order valence-corrected chi connectivity index (χ4v) is 9.53. The molecule has 1 aromatic carbocycles. The molecule has 5 aromatic rings. The number of rotatable bonds is 4. The molecule has 4 heterocycles. The molecule has 4 aromatic heterocycles. The highest BCUT2D eigenvalue weighted by Gasteiger charge is 2.12. The van der Waals surface area contributed by atoms with Gasteiger partial charge in [0.2, 0.25) is 0 Å². The highest BCUT2D eigenvalue weighted by atomic mass is 79.9. The van der Waals surface area contributed by atoms with Crippen molar-refractivity contribution in [3.8, 4) is 0 Å². The van der Waals surface area contributed by atoms with Crippen molar-refractivity contribution in [3.63, 3.8) is 0 Å². The first-order valence-corrected chi connectivity index (χ1v) is 13.7. The smallest absolute Gasteiger partial charge is 0.0352 e. The first-order valence-electron chi connectivity index (χ1n) is 8.89. The van der Waals surface area contributed by atoms with Gasteiger partial charge in [-0.3, -0.25) is 0 Å². The highest BCUT2D eigenvalue weighted by Crippen LogP contribution is 2.38. The lowest BCUT2D eigenvalue weighted by molar-refractivity contribution is 1.29. The maximum absolute atomic E-state index is 3.70. The minimum absolute atomic E-state index is 1.02. The van der Waals surface area contributed by atoms with Crippen LogP contribution in [0.2, 0.25) is 0 Å². The lowest BCUT2D eigenvalue weighted by Gasteiger charge is -1.94. The molecule has 0 fully saturated rings. The molecule has 0 saturated heterocycles. The molecule has 28 heavy (non-hydrogen) atoms. The Hall–Kier alpha value is -0.500. The van der Waals surface area contributed by atoms with E-state index < -0.39 is 0 Å². The maximum Gasteiger partial charge on any atom is 0.0352 e. The van der Waals surface area contributed by atoms with Crippen LogP contribution in [-0.2, 0) is 12.8 Å². The Labute approximate surface area is 197 Å². The summed E-state index contributed by atoms with van der Waals surface area (Å²) >= 11 is 15.0. The van der Waals surface area contributed by atoms with E-state index in [1.54, 1.807) is 0 Å². The number of halogens is 2. The summed E-state index contributed by atoms with van der Waals surface area (Å²) in [6, 6.07) is 13.9. The number of hydrogen-bond donors (Lipinski definition) is 0. The quantitative estimate of drug-likeness (QED) is 0.203. The van der Waals surface area contributed by atoms with Gasteiger partial charge in [-0.25, -0.2) is 0 Å². The van der Waals surface area contributed by atoms with Gasteiger partial charge >= 0.3 is 0 Å². The molecule has 0 bridgehead atoms. The first kappa shape index (κ1) is 19.5. The van der Waals surface area contributed by atoms with Crippen LogP contribution >= 0.6 is 77.2 Å². The van der Waals surface area contributed by atoms with Crippen LogP contribution in [0.15, 0.2) is 45.3 Å². The van der Waals surface area contributed by atoms with Gasteiger partial charge in [0.25, 0.3) is 0 Å². The van der Waals surface area contributed by atoms with Crippen LogP contribution in [0.1, 0.15) is 29.3 Å². The van der Waals surface area contributed by atoms with E-state index in [9.17, 15) is 0 Å². The molecular weight excluding hydrogens is 552 g/mol. The molecule has 0 unspecified atom stereocenters. The summed E-state index contributed by atoms with van der Waals surface area (Å²) in [6.45, 7) is 4.34. The average molecular weight is 568 g/mol. The Morgan fingerprint density at radius 2 is 1.04 bits per heavy atom. The normalized spacial score (nSPS) is 11.9. The van der Waals surface area contributed by atoms with Gasteiger partial charge in [0.1, 0.15) is 0 Å². The minimum atomic E-state index is 1.02. The summed E-state index contributed by atoms with van der Waals surface area (Å²) in [6.07, 6.45) is 2.03. The van der Waals surface area contributed by atoms with Crippen LogP contribution < -0.4 is 0 Å². The van der Waals surface area contributed by atoms with Crippen molar-refractivity contribution in [1.82, 2.24) is 0 Å². The SMILES string of the molecule is Cc1cc(Br)c(Cc2cc3cc4sc(Cc5sc(C)cc5Br)cc4cc3s2)s1. The second-order valence-corrected chi connectivity index (χ2v) is 13.7. The number of aryl methyl sites for hydroxylation is 2. The van der Waals surface area contributed by atoms with Crippen molar-refractivity contribution in [2.75, 3.05) is 0 Å². The Morgan fingerprint density at radius 3 is 1.39 bits per heavy atom. The summed E-state index contributed by atoms with van der Waals surface area (Å²) < 4.78 is 5.27. The Morgan fingerprint density at radius 1 is 0.607 bits per heavy atom. The molecular formula is C22H16Br2S4. The standard InChI is InChI=1S/C22H16Br2S4/c1-11-3-17(23)21(25-11)9-15-5-13-7-20-14(8-19(13)27-15)6-16(28-20)10-22-18(24)4-12(2)26-22/h3-8H,9-10H2,1-2H3. The third-order valence-corrected chi connectivity index (χ3v) is 10.9. The molecule has 0 spiro atoms. The summed E-state index contributed by atoms with van der Waals surface area (Å²) in [4.78, 5) is 8.45. The molecule has 0 atom stereocenters. The molecule has 0 saturated carbocycles. The first-order chi connectivity index (χ1) is 13.4. The minimum Gasteiger partial charge on any atom is -0.144 e. The maximum atomic E-state index is 3.70. The van der Waals surface area contributed by atoms with E-state index >= 15 is 0 Å². The number of fused-ring (bicyclic) bond motifs is 2. The van der Waals surface area contributed by atoms with E-state index in [1.807, 2.05) is 45.3 Å².